The fourth-order valence-electron chi connectivity index (χ4n) is 7.84. The molecule has 0 atom stereocenters. The van der Waals surface area contributed by atoms with E-state index in [9.17, 15) is 0 Å². The van der Waals surface area contributed by atoms with Crippen molar-refractivity contribution in [2.24, 2.45) is 17.8 Å². The quantitative estimate of drug-likeness (QED) is 0.231. The van der Waals surface area contributed by atoms with Crippen molar-refractivity contribution in [1.82, 2.24) is 4.44 Å². The van der Waals surface area contributed by atoms with Crippen molar-refractivity contribution in [3.05, 3.63) is 121 Å². The average molecular weight is 520 g/mol. The Labute approximate surface area is 224 Å². The molecule has 186 valence electrons. The largest absolute Gasteiger partial charge is 0.238 e. The van der Waals surface area contributed by atoms with Crippen LogP contribution in [0.1, 0.15) is 38.5 Å². The van der Waals surface area contributed by atoms with Gasteiger partial charge in [-0.3, -0.25) is 0 Å². The van der Waals surface area contributed by atoms with Crippen molar-refractivity contribution < 1.29 is 0 Å². The van der Waals surface area contributed by atoms with Gasteiger partial charge in [0.15, 0.2) is 0 Å². The van der Waals surface area contributed by atoms with Crippen LogP contribution in [-0.2, 0) is 0 Å². The predicted molar refractivity (Wildman–Crippen MR) is 161 cm³/mol. The Kier molecular flexibility index (Phi) is 6.50. The smallest absolute Gasteiger partial charge is 0.0328 e. The summed E-state index contributed by atoms with van der Waals surface area (Å²) in [7, 11) is -1.40. The van der Waals surface area contributed by atoms with Crippen LogP contribution in [-0.4, -0.2) is 9.98 Å². The molecule has 0 unspecified atom stereocenters. The first kappa shape index (κ1) is 23.8. The molecule has 1 nitrogen and oxygen atoms in total. The first-order valence-electron chi connectivity index (χ1n) is 13.9. The molecule has 0 spiro atoms. The van der Waals surface area contributed by atoms with E-state index in [2.05, 4.69) is 126 Å². The Morgan fingerprint density at radius 2 is 0.703 bits per heavy atom. The SMILES string of the molecule is c1ccc(P(c2ccccc2)N(P(c2ccccc2)c2ccccc2)C23CC4CC(CC(C4)C2)C3)cc1. The van der Waals surface area contributed by atoms with Crippen molar-refractivity contribution in [2.45, 2.75) is 44.1 Å². The average Bonchev–Trinajstić information content (AvgIpc) is 2.94. The third-order valence-corrected chi connectivity index (χ3v) is 14.6. The molecular formula is C34H35NP2. The second-order valence-electron chi connectivity index (χ2n) is 11.4. The second-order valence-corrected chi connectivity index (χ2v) is 15.8. The number of benzene rings is 4. The van der Waals surface area contributed by atoms with Crippen molar-refractivity contribution in [1.29, 1.82) is 0 Å². The maximum absolute atomic E-state index is 3.15. The third-order valence-electron chi connectivity index (χ3n) is 8.81. The van der Waals surface area contributed by atoms with Crippen LogP contribution in [0, 0.1) is 17.8 Å². The fraction of sp³-hybridized carbons (Fsp3) is 0.294. The Morgan fingerprint density at radius 1 is 0.432 bits per heavy atom. The Morgan fingerprint density at radius 3 is 0.973 bits per heavy atom. The van der Waals surface area contributed by atoms with Gasteiger partial charge in [-0.2, -0.15) is 0 Å². The van der Waals surface area contributed by atoms with E-state index in [1.54, 1.807) is 0 Å². The minimum absolute atomic E-state index is 0.267. The van der Waals surface area contributed by atoms with E-state index in [0.29, 0.717) is 0 Å². The fourth-order valence-corrected chi connectivity index (χ4v) is 14.4. The molecule has 4 aromatic rings. The van der Waals surface area contributed by atoms with E-state index in [1.807, 2.05) is 0 Å². The minimum Gasteiger partial charge on any atom is -0.238 e. The van der Waals surface area contributed by atoms with Gasteiger partial charge in [-0.05, 0) is 77.5 Å². The molecule has 4 bridgehead atoms. The van der Waals surface area contributed by atoms with Gasteiger partial charge in [0, 0.05) is 21.7 Å². The van der Waals surface area contributed by atoms with Crippen molar-refractivity contribution >= 4 is 37.4 Å². The zero-order valence-corrected chi connectivity index (χ0v) is 23.2. The van der Waals surface area contributed by atoms with Gasteiger partial charge in [0.05, 0.1) is 0 Å². The maximum atomic E-state index is 3.15. The van der Waals surface area contributed by atoms with Gasteiger partial charge in [-0.15, -0.1) is 0 Å². The first-order chi connectivity index (χ1) is 18.3. The van der Waals surface area contributed by atoms with Gasteiger partial charge in [0.1, 0.15) is 0 Å². The molecular weight excluding hydrogens is 484 g/mol. The highest BCUT2D eigenvalue weighted by Gasteiger charge is 2.57. The van der Waals surface area contributed by atoms with Gasteiger partial charge in [-0.25, -0.2) is 4.44 Å². The molecule has 0 aromatic heterocycles. The van der Waals surface area contributed by atoms with Gasteiger partial charge in [0.2, 0.25) is 0 Å². The number of rotatable bonds is 7. The van der Waals surface area contributed by atoms with Crippen molar-refractivity contribution in [3.8, 4) is 0 Å². The van der Waals surface area contributed by atoms with E-state index >= 15 is 0 Å². The van der Waals surface area contributed by atoms with Crippen LogP contribution in [0.4, 0.5) is 0 Å². The molecule has 8 rings (SSSR count). The topological polar surface area (TPSA) is 3.24 Å². The lowest BCUT2D eigenvalue weighted by atomic mass is 9.53. The van der Waals surface area contributed by atoms with E-state index in [-0.39, 0.29) is 5.54 Å². The van der Waals surface area contributed by atoms with Crippen LogP contribution in [0.3, 0.4) is 0 Å². The molecule has 4 fully saturated rings. The highest BCUT2D eigenvalue weighted by atomic mass is 31.2. The van der Waals surface area contributed by atoms with Gasteiger partial charge in [0.25, 0.3) is 0 Å². The molecule has 0 amide bonds. The lowest BCUT2D eigenvalue weighted by molar-refractivity contribution is -0.0319. The van der Waals surface area contributed by atoms with Crippen LogP contribution in [0.15, 0.2) is 121 Å². The second kappa shape index (κ2) is 10.1. The van der Waals surface area contributed by atoms with Crippen molar-refractivity contribution in [2.75, 3.05) is 0 Å². The Hall–Kier alpha value is -2.30. The van der Waals surface area contributed by atoms with Gasteiger partial charge in [-0.1, -0.05) is 121 Å². The summed E-state index contributed by atoms with van der Waals surface area (Å²) < 4.78 is 3.15. The monoisotopic (exact) mass is 519 g/mol. The first-order valence-corrected chi connectivity index (χ1v) is 16.5. The summed E-state index contributed by atoms with van der Waals surface area (Å²) in [5.41, 5.74) is 0.267. The molecule has 0 aliphatic heterocycles. The Balaban J connectivity index is 1.49. The highest BCUT2D eigenvalue weighted by molar-refractivity contribution is 7.84. The summed E-state index contributed by atoms with van der Waals surface area (Å²) in [5.74, 6) is 2.71. The molecule has 4 aromatic carbocycles. The normalized spacial score (nSPS) is 26.3. The molecule has 4 aliphatic carbocycles. The minimum atomic E-state index is -0.700. The third kappa shape index (κ3) is 4.51. The molecule has 37 heavy (non-hydrogen) atoms. The summed E-state index contributed by atoms with van der Waals surface area (Å²) in [6, 6.07) is 45.9. The molecule has 3 heteroatoms. The van der Waals surface area contributed by atoms with Crippen LogP contribution in [0.5, 0.6) is 0 Å². The van der Waals surface area contributed by atoms with Crippen LogP contribution >= 0.6 is 16.1 Å². The van der Waals surface area contributed by atoms with Crippen LogP contribution < -0.4 is 21.2 Å². The molecule has 0 heterocycles. The number of nitrogens with zero attached hydrogens (tertiary/aromatic N) is 1. The van der Waals surface area contributed by atoms with Crippen molar-refractivity contribution in [3.63, 3.8) is 0 Å². The van der Waals surface area contributed by atoms with Gasteiger partial charge < -0.3 is 0 Å². The zero-order chi connectivity index (χ0) is 24.7. The van der Waals surface area contributed by atoms with Gasteiger partial charge >= 0.3 is 0 Å². The summed E-state index contributed by atoms with van der Waals surface area (Å²) in [6.45, 7) is 0. The highest BCUT2D eigenvalue weighted by Crippen LogP contribution is 2.68. The molecule has 4 aliphatic rings. The Bertz CT molecular complexity index is 1110. The van der Waals surface area contributed by atoms with E-state index in [1.165, 1.54) is 59.7 Å². The summed E-state index contributed by atoms with van der Waals surface area (Å²) in [6.07, 6.45) is 8.52. The van der Waals surface area contributed by atoms with E-state index in [4.69, 9.17) is 0 Å². The predicted octanol–water partition coefficient (Wildman–Crippen LogP) is 7.35. The lowest BCUT2D eigenvalue weighted by Gasteiger charge is -2.63. The number of hydrogen-bond donors (Lipinski definition) is 0. The molecule has 0 saturated heterocycles. The lowest BCUT2D eigenvalue weighted by Crippen LogP contribution is -2.59. The van der Waals surface area contributed by atoms with E-state index in [0.717, 1.165) is 17.8 Å². The number of hydrogen-bond acceptors (Lipinski definition) is 1. The molecule has 4 saturated carbocycles. The standard InChI is InChI=1S/C34H35NP2/c1-5-13-30(14-6-1)36(31-15-7-2-8-16-31)35(34-24-27-21-28(25-34)23-29(22-27)26-34)37(32-17-9-3-10-18-32)33-19-11-4-12-20-33/h1-20,27-29H,21-26H2. The summed E-state index contributed by atoms with van der Waals surface area (Å²) in [5, 5.41) is 5.94. The summed E-state index contributed by atoms with van der Waals surface area (Å²) >= 11 is 0. The van der Waals surface area contributed by atoms with Crippen LogP contribution in [0.25, 0.3) is 0 Å². The van der Waals surface area contributed by atoms with Crippen LogP contribution in [0.2, 0.25) is 0 Å². The van der Waals surface area contributed by atoms with E-state index < -0.39 is 16.1 Å². The maximum Gasteiger partial charge on any atom is 0.0328 e. The molecule has 0 N–H and O–H groups in total. The molecule has 0 radical (unpaired) electrons. The zero-order valence-electron chi connectivity index (χ0n) is 21.4. The summed E-state index contributed by atoms with van der Waals surface area (Å²) in [4.78, 5) is 0.